The minimum atomic E-state index is 0.211. The Kier molecular flexibility index (Phi) is 8.42. The molecule has 0 saturated carbocycles. The molecule has 0 bridgehead atoms. The third kappa shape index (κ3) is 7.41. The van der Waals surface area contributed by atoms with Crippen LogP contribution in [0.4, 0.5) is 0 Å². The van der Waals surface area contributed by atoms with Crippen LogP contribution in [0, 0.1) is 18.8 Å². The minimum absolute atomic E-state index is 0.211. The number of ether oxygens (including phenoxy) is 1. The first-order chi connectivity index (χ1) is 12.9. The van der Waals surface area contributed by atoms with Gasteiger partial charge in [0.1, 0.15) is 5.75 Å². The van der Waals surface area contributed by atoms with E-state index in [2.05, 4.69) is 73.5 Å². The molecule has 1 aliphatic rings. The zero-order valence-electron chi connectivity index (χ0n) is 18.0. The van der Waals surface area contributed by atoms with Gasteiger partial charge in [-0.2, -0.15) is 0 Å². The highest BCUT2D eigenvalue weighted by Crippen LogP contribution is 2.23. The topological polar surface area (TPSA) is 48.9 Å². The maximum atomic E-state index is 6.25. The van der Waals surface area contributed by atoms with Gasteiger partial charge >= 0.3 is 0 Å². The van der Waals surface area contributed by atoms with Crippen molar-refractivity contribution >= 4 is 5.96 Å². The number of aliphatic imine (C=N–C) groups is 1. The largest absolute Gasteiger partial charge is 0.490 e. The summed E-state index contributed by atoms with van der Waals surface area (Å²) in [6, 6.07) is 6.43. The summed E-state index contributed by atoms with van der Waals surface area (Å²) in [6.07, 6.45) is 2.52. The molecule has 152 valence electrons. The number of likely N-dealkylation sites (tertiary alicyclic amines) is 1. The van der Waals surface area contributed by atoms with Crippen LogP contribution in [0.5, 0.6) is 5.75 Å². The third-order valence-electron chi connectivity index (χ3n) is 5.07. The van der Waals surface area contributed by atoms with Gasteiger partial charge in [0.25, 0.3) is 0 Å². The van der Waals surface area contributed by atoms with E-state index in [0.29, 0.717) is 18.4 Å². The van der Waals surface area contributed by atoms with Crippen LogP contribution in [-0.2, 0) is 6.54 Å². The van der Waals surface area contributed by atoms with Crippen molar-refractivity contribution < 1.29 is 4.74 Å². The van der Waals surface area contributed by atoms with Gasteiger partial charge in [0, 0.05) is 32.2 Å². The van der Waals surface area contributed by atoms with Crippen LogP contribution in [0.2, 0.25) is 0 Å². The standard InChI is InChI=1S/C22H38N4O/c1-16(2)11-18(4)27-21-12-17(3)7-8-20(21)14-25-22(23-5)24-13-19-9-10-26(6)15-19/h7-8,12,16,18-19H,9-11,13-15H2,1-6H3,(H2,23,24,25). The van der Waals surface area contributed by atoms with E-state index in [0.717, 1.165) is 31.2 Å². The number of nitrogens with zero attached hydrogens (tertiary/aromatic N) is 2. The lowest BCUT2D eigenvalue weighted by Crippen LogP contribution is -2.39. The summed E-state index contributed by atoms with van der Waals surface area (Å²) in [5, 5.41) is 6.91. The maximum Gasteiger partial charge on any atom is 0.191 e. The lowest BCUT2D eigenvalue weighted by molar-refractivity contribution is 0.191. The number of hydrogen-bond donors (Lipinski definition) is 2. The monoisotopic (exact) mass is 374 g/mol. The molecule has 0 radical (unpaired) electrons. The summed E-state index contributed by atoms with van der Waals surface area (Å²) in [6.45, 7) is 12.7. The average Bonchev–Trinajstić information content (AvgIpc) is 3.01. The Morgan fingerprint density at radius 1 is 1.30 bits per heavy atom. The van der Waals surface area contributed by atoms with Crippen LogP contribution >= 0.6 is 0 Å². The van der Waals surface area contributed by atoms with E-state index >= 15 is 0 Å². The molecule has 5 nitrogen and oxygen atoms in total. The van der Waals surface area contributed by atoms with Crippen LogP contribution in [0.25, 0.3) is 0 Å². The molecule has 1 aromatic carbocycles. The fourth-order valence-corrected chi connectivity index (χ4v) is 3.68. The average molecular weight is 375 g/mol. The van der Waals surface area contributed by atoms with E-state index in [1.54, 1.807) is 0 Å². The molecule has 1 aromatic rings. The van der Waals surface area contributed by atoms with Crippen molar-refractivity contribution in [3.05, 3.63) is 29.3 Å². The molecule has 1 aliphatic heterocycles. The van der Waals surface area contributed by atoms with Gasteiger partial charge in [0.2, 0.25) is 0 Å². The Hall–Kier alpha value is -1.75. The molecule has 0 aromatic heterocycles. The fourth-order valence-electron chi connectivity index (χ4n) is 3.68. The highest BCUT2D eigenvalue weighted by molar-refractivity contribution is 5.79. The van der Waals surface area contributed by atoms with Crippen LogP contribution < -0.4 is 15.4 Å². The Bertz CT molecular complexity index is 614. The molecule has 1 saturated heterocycles. The molecule has 2 unspecified atom stereocenters. The number of nitrogens with one attached hydrogen (secondary N) is 2. The highest BCUT2D eigenvalue weighted by Gasteiger charge is 2.19. The zero-order valence-corrected chi connectivity index (χ0v) is 18.0. The Morgan fingerprint density at radius 3 is 2.70 bits per heavy atom. The molecule has 1 heterocycles. The van der Waals surface area contributed by atoms with Crippen molar-refractivity contribution in [2.45, 2.75) is 53.2 Å². The first-order valence-electron chi connectivity index (χ1n) is 10.3. The maximum absolute atomic E-state index is 6.25. The van der Waals surface area contributed by atoms with Crippen molar-refractivity contribution in [2.24, 2.45) is 16.8 Å². The Morgan fingerprint density at radius 2 is 2.07 bits per heavy atom. The minimum Gasteiger partial charge on any atom is -0.490 e. The molecular formula is C22H38N4O. The first-order valence-corrected chi connectivity index (χ1v) is 10.3. The van der Waals surface area contributed by atoms with Crippen LogP contribution in [0.3, 0.4) is 0 Å². The quantitative estimate of drug-likeness (QED) is 0.541. The van der Waals surface area contributed by atoms with Crippen molar-refractivity contribution in [3.8, 4) is 5.75 Å². The Labute approximate surface area is 165 Å². The number of rotatable bonds is 8. The van der Waals surface area contributed by atoms with E-state index < -0.39 is 0 Å². The van der Waals surface area contributed by atoms with E-state index in [4.69, 9.17) is 4.74 Å². The molecule has 2 N–H and O–H groups in total. The number of guanidine groups is 1. The number of hydrogen-bond acceptors (Lipinski definition) is 3. The molecule has 27 heavy (non-hydrogen) atoms. The summed E-state index contributed by atoms with van der Waals surface area (Å²) in [4.78, 5) is 6.76. The van der Waals surface area contributed by atoms with Gasteiger partial charge in [-0.15, -0.1) is 0 Å². The van der Waals surface area contributed by atoms with Crippen molar-refractivity contribution in [1.82, 2.24) is 15.5 Å². The lowest BCUT2D eigenvalue weighted by atomic mass is 10.1. The molecular weight excluding hydrogens is 336 g/mol. The van der Waals surface area contributed by atoms with E-state index in [9.17, 15) is 0 Å². The van der Waals surface area contributed by atoms with Gasteiger partial charge in [0.05, 0.1) is 6.10 Å². The van der Waals surface area contributed by atoms with Crippen LogP contribution in [0.15, 0.2) is 23.2 Å². The second-order valence-electron chi connectivity index (χ2n) is 8.39. The summed E-state index contributed by atoms with van der Waals surface area (Å²) in [7, 11) is 4.01. The van der Waals surface area contributed by atoms with Gasteiger partial charge in [-0.1, -0.05) is 26.0 Å². The van der Waals surface area contributed by atoms with Gasteiger partial charge in [-0.25, -0.2) is 0 Å². The second kappa shape index (κ2) is 10.5. The van der Waals surface area contributed by atoms with Crippen LogP contribution in [0.1, 0.15) is 44.7 Å². The van der Waals surface area contributed by atoms with E-state index in [1.807, 2.05) is 7.05 Å². The first kappa shape index (κ1) is 21.5. The van der Waals surface area contributed by atoms with Gasteiger partial charge < -0.3 is 20.3 Å². The third-order valence-corrected chi connectivity index (χ3v) is 5.07. The highest BCUT2D eigenvalue weighted by atomic mass is 16.5. The predicted molar refractivity (Wildman–Crippen MR) is 115 cm³/mol. The van der Waals surface area contributed by atoms with E-state index in [1.165, 1.54) is 24.1 Å². The molecule has 0 spiro atoms. The molecule has 2 rings (SSSR count). The summed E-state index contributed by atoms with van der Waals surface area (Å²) >= 11 is 0. The number of aryl methyl sites for hydroxylation is 1. The summed E-state index contributed by atoms with van der Waals surface area (Å²) in [5.41, 5.74) is 2.39. The van der Waals surface area contributed by atoms with E-state index in [-0.39, 0.29) is 6.10 Å². The molecule has 5 heteroatoms. The van der Waals surface area contributed by atoms with Crippen LogP contribution in [-0.4, -0.2) is 50.7 Å². The number of benzene rings is 1. The predicted octanol–water partition coefficient (Wildman–Crippen LogP) is 3.43. The fraction of sp³-hybridized carbons (Fsp3) is 0.682. The Balaban J connectivity index is 1.91. The summed E-state index contributed by atoms with van der Waals surface area (Å²) in [5.74, 6) is 3.16. The molecule has 0 amide bonds. The smallest absolute Gasteiger partial charge is 0.191 e. The SMILES string of the molecule is CN=C(NCc1ccc(C)cc1OC(C)CC(C)C)NCC1CCN(C)C1. The molecule has 0 aliphatic carbocycles. The molecule has 1 fully saturated rings. The molecule has 2 atom stereocenters. The normalized spacial score (nSPS) is 19.4. The zero-order chi connectivity index (χ0) is 19.8. The van der Waals surface area contributed by atoms with Gasteiger partial charge in [-0.3, -0.25) is 4.99 Å². The van der Waals surface area contributed by atoms with Crippen molar-refractivity contribution in [3.63, 3.8) is 0 Å². The van der Waals surface area contributed by atoms with Crippen molar-refractivity contribution in [2.75, 3.05) is 33.7 Å². The lowest BCUT2D eigenvalue weighted by Gasteiger charge is -2.20. The van der Waals surface area contributed by atoms with Gasteiger partial charge in [0.15, 0.2) is 5.96 Å². The summed E-state index contributed by atoms with van der Waals surface area (Å²) < 4.78 is 6.25. The second-order valence-corrected chi connectivity index (χ2v) is 8.39. The van der Waals surface area contributed by atoms with Crippen molar-refractivity contribution in [1.29, 1.82) is 0 Å². The van der Waals surface area contributed by atoms with Gasteiger partial charge in [-0.05, 0) is 63.7 Å².